The molecule has 0 bridgehead atoms. The van der Waals surface area contributed by atoms with Crippen LogP contribution in [0.15, 0.2) is 60.7 Å². The van der Waals surface area contributed by atoms with Gasteiger partial charge in [0.2, 0.25) is 11.8 Å². The molecule has 2 amide bonds. The number of piperidine rings is 1. The zero-order valence-electron chi connectivity index (χ0n) is 19.9. The van der Waals surface area contributed by atoms with Crippen molar-refractivity contribution in [3.05, 3.63) is 88.7 Å². The van der Waals surface area contributed by atoms with Gasteiger partial charge in [-0.05, 0) is 52.1 Å². The molecular formula is C29H28FN3O2S. The number of carbonyl (C=O) groups excluding carboxylic acids is 2. The fourth-order valence-electron chi connectivity index (χ4n) is 5.86. The lowest BCUT2D eigenvalue weighted by Crippen LogP contribution is -2.51. The molecule has 3 aromatic carbocycles. The molecule has 1 fully saturated rings. The number of imide groups is 1. The number of carbonyl (C=O) groups is 2. The quantitative estimate of drug-likeness (QED) is 0.398. The number of rotatable bonds is 4. The lowest BCUT2D eigenvalue weighted by molar-refractivity contribution is -0.137. The van der Waals surface area contributed by atoms with E-state index in [9.17, 15) is 14.0 Å². The van der Waals surface area contributed by atoms with Gasteiger partial charge in [0.25, 0.3) is 0 Å². The van der Waals surface area contributed by atoms with Gasteiger partial charge >= 0.3 is 0 Å². The van der Waals surface area contributed by atoms with Crippen LogP contribution in [0.3, 0.4) is 0 Å². The van der Waals surface area contributed by atoms with E-state index < -0.39 is 0 Å². The number of fused-ring (bicyclic) bond motifs is 2. The molecule has 3 aliphatic rings. The maximum Gasteiger partial charge on any atom is 0.243 e. The summed E-state index contributed by atoms with van der Waals surface area (Å²) >= 11 is 4.85. The molecule has 36 heavy (non-hydrogen) atoms. The summed E-state index contributed by atoms with van der Waals surface area (Å²) in [6, 6.07) is 17.1. The van der Waals surface area contributed by atoms with E-state index >= 15 is 0 Å². The lowest BCUT2D eigenvalue weighted by atomic mass is 9.93. The Morgan fingerprint density at radius 3 is 2.61 bits per heavy atom. The van der Waals surface area contributed by atoms with Gasteiger partial charge in [0.05, 0.1) is 11.4 Å². The summed E-state index contributed by atoms with van der Waals surface area (Å²) in [4.78, 5) is 28.6. The Hall–Kier alpha value is -3.00. The summed E-state index contributed by atoms with van der Waals surface area (Å²) in [5, 5.41) is 3.94. The third kappa shape index (κ3) is 4.15. The SMILES string of the molecule is O=C1CCC(N2Cc3c(CN4CC=C(c5cccc6c(F)cccc56)CC4)cccc3C2S)C(=O)N1. The molecule has 0 aromatic heterocycles. The zero-order chi connectivity index (χ0) is 24.8. The summed E-state index contributed by atoms with van der Waals surface area (Å²) < 4.78 is 14.3. The van der Waals surface area contributed by atoms with Crippen LogP contribution in [-0.4, -0.2) is 40.7 Å². The van der Waals surface area contributed by atoms with Crippen LogP contribution in [0.4, 0.5) is 4.39 Å². The van der Waals surface area contributed by atoms with E-state index in [1.807, 2.05) is 18.2 Å². The Morgan fingerprint density at radius 1 is 1.00 bits per heavy atom. The first-order valence-electron chi connectivity index (χ1n) is 12.5. The van der Waals surface area contributed by atoms with E-state index in [1.165, 1.54) is 22.8 Å². The molecule has 1 N–H and O–H groups in total. The van der Waals surface area contributed by atoms with Crippen LogP contribution in [0.1, 0.15) is 46.9 Å². The number of halogens is 1. The normalized spacial score (nSPS) is 23.0. The van der Waals surface area contributed by atoms with Crippen LogP contribution in [0.2, 0.25) is 0 Å². The van der Waals surface area contributed by atoms with Gasteiger partial charge in [0.1, 0.15) is 5.82 Å². The van der Waals surface area contributed by atoms with Crippen molar-refractivity contribution in [1.29, 1.82) is 0 Å². The minimum atomic E-state index is -0.337. The van der Waals surface area contributed by atoms with Crippen molar-refractivity contribution in [2.24, 2.45) is 0 Å². The van der Waals surface area contributed by atoms with Crippen LogP contribution < -0.4 is 5.32 Å². The Labute approximate surface area is 215 Å². The molecule has 5 nitrogen and oxygen atoms in total. The number of nitrogens with one attached hydrogen (secondary N) is 1. The van der Waals surface area contributed by atoms with E-state index in [4.69, 9.17) is 12.6 Å². The van der Waals surface area contributed by atoms with Crippen LogP contribution in [0.25, 0.3) is 16.3 Å². The number of thiol groups is 1. The molecule has 0 spiro atoms. The highest BCUT2D eigenvalue weighted by Crippen LogP contribution is 2.41. The van der Waals surface area contributed by atoms with E-state index in [0.717, 1.165) is 42.6 Å². The minimum Gasteiger partial charge on any atom is -0.295 e. The molecule has 0 aliphatic carbocycles. The minimum absolute atomic E-state index is 0.163. The van der Waals surface area contributed by atoms with Gasteiger partial charge in [0, 0.05) is 38.0 Å². The predicted molar refractivity (Wildman–Crippen MR) is 142 cm³/mol. The third-order valence-electron chi connectivity index (χ3n) is 7.75. The zero-order valence-corrected chi connectivity index (χ0v) is 20.8. The van der Waals surface area contributed by atoms with E-state index in [2.05, 4.69) is 45.5 Å². The molecule has 184 valence electrons. The van der Waals surface area contributed by atoms with Crippen molar-refractivity contribution in [1.82, 2.24) is 15.1 Å². The van der Waals surface area contributed by atoms with Gasteiger partial charge in [0.15, 0.2) is 0 Å². The van der Waals surface area contributed by atoms with E-state index in [1.54, 1.807) is 6.07 Å². The average molecular weight is 502 g/mol. The highest BCUT2D eigenvalue weighted by molar-refractivity contribution is 7.80. The molecule has 3 heterocycles. The number of benzene rings is 3. The lowest BCUT2D eigenvalue weighted by Gasteiger charge is -2.32. The largest absolute Gasteiger partial charge is 0.295 e. The molecule has 2 atom stereocenters. The standard InChI is InChI=1S/C29H28FN3O2S/c30-25-9-3-6-21-20(5-2-7-22(21)25)18-12-14-32(15-13-18)16-19-4-1-8-23-24(19)17-33(29(23)36)26-10-11-27(34)31-28(26)35/h1-9,12,26,29,36H,10-11,13-17H2,(H,31,34,35). The van der Waals surface area contributed by atoms with Crippen molar-refractivity contribution in [3.63, 3.8) is 0 Å². The highest BCUT2D eigenvalue weighted by atomic mass is 32.1. The van der Waals surface area contributed by atoms with Gasteiger partial charge in [-0.25, -0.2) is 4.39 Å². The van der Waals surface area contributed by atoms with Gasteiger partial charge in [-0.15, -0.1) is 0 Å². The molecule has 0 radical (unpaired) electrons. The van der Waals surface area contributed by atoms with Gasteiger partial charge in [-0.2, -0.15) is 12.6 Å². The second-order valence-electron chi connectivity index (χ2n) is 9.85. The summed E-state index contributed by atoms with van der Waals surface area (Å²) in [5.74, 6) is -0.601. The first-order chi connectivity index (χ1) is 17.5. The predicted octanol–water partition coefficient (Wildman–Crippen LogP) is 4.82. The average Bonchev–Trinajstić information content (AvgIpc) is 3.22. The Bertz CT molecular complexity index is 1400. The van der Waals surface area contributed by atoms with Crippen molar-refractivity contribution >= 4 is 40.8 Å². The van der Waals surface area contributed by atoms with Crippen LogP contribution >= 0.6 is 12.6 Å². The first-order valence-corrected chi connectivity index (χ1v) is 13.0. The van der Waals surface area contributed by atoms with E-state index in [-0.39, 0.29) is 29.0 Å². The number of amides is 2. The summed E-state index contributed by atoms with van der Waals surface area (Å²) in [6.45, 7) is 3.22. The van der Waals surface area contributed by atoms with Gasteiger partial charge in [-0.1, -0.05) is 54.6 Å². The topological polar surface area (TPSA) is 52.7 Å². The van der Waals surface area contributed by atoms with Crippen molar-refractivity contribution in [3.8, 4) is 0 Å². The van der Waals surface area contributed by atoms with Gasteiger partial charge in [-0.3, -0.25) is 24.7 Å². The summed E-state index contributed by atoms with van der Waals surface area (Å²) in [6.07, 6.45) is 4.07. The molecule has 7 heteroatoms. The van der Waals surface area contributed by atoms with Crippen LogP contribution in [0.5, 0.6) is 0 Å². The number of hydrogen-bond donors (Lipinski definition) is 2. The molecular weight excluding hydrogens is 473 g/mol. The van der Waals surface area contributed by atoms with Crippen molar-refractivity contribution in [2.75, 3.05) is 13.1 Å². The van der Waals surface area contributed by atoms with Crippen LogP contribution in [0, 0.1) is 5.82 Å². The number of hydrogen-bond acceptors (Lipinski definition) is 5. The first kappa shape index (κ1) is 23.4. The second-order valence-corrected chi connectivity index (χ2v) is 10.3. The summed E-state index contributed by atoms with van der Waals surface area (Å²) in [5.41, 5.74) is 6.02. The molecule has 0 saturated carbocycles. The van der Waals surface area contributed by atoms with Crippen molar-refractivity contribution < 1.29 is 14.0 Å². The molecule has 3 aliphatic heterocycles. The fourth-order valence-corrected chi connectivity index (χ4v) is 6.34. The van der Waals surface area contributed by atoms with Gasteiger partial charge < -0.3 is 0 Å². The second kappa shape index (κ2) is 9.47. The fraction of sp³-hybridized carbons (Fsp3) is 0.310. The molecule has 2 unspecified atom stereocenters. The van der Waals surface area contributed by atoms with Crippen molar-refractivity contribution in [2.45, 2.75) is 43.8 Å². The highest BCUT2D eigenvalue weighted by Gasteiger charge is 2.39. The molecule has 6 rings (SSSR count). The maximum atomic E-state index is 14.3. The molecule has 3 aromatic rings. The smallest absolute Gasteiger partial charge is 0.243 e. The number of nitrogens with zero attached hydrogens (tertiary/aromatic N) is 2. The maximum absolute atomic E-state index is 14.3. The monoisotopic (exact) mass is 501 g/mol. The Balaban J connectivity index is 1.19. The van der Waals surface area contributed by atoms with Crippen LogP contribution in [-0.2, 0) is 22.7 Å². The summed E-state index contributed by atoms with van der Waals surface area (Å²) in [7, 11) is 0. The molecule has 1 saturated heterocycles. The third-order valence-corrected chi connectivity index (χ3v) is 8.33. The Kier molecular flexibility index (Phi) is 6.15. The van der Waals surface area contributed by atoms with E-state index in [0.29, 0.717) is 24.8 Å². The Morgan fingerprint density at radius 2 is 1.81 bits per heavy atom.